The summed E-state index contributed by atoms with van der Waals surface area (Å²) < 4.78 is 6.51. The van der Waals surface area contributed by atoms with E-state index in [9.17, 15) is 0 Å². The van der Waals surface area contributed by atoms with Crippen molar-refractivity contribution >= 4 is 54.8 Å². The lowest BCUT2D eigenvalue weighted by Gasteiger charge is -2.14. The third-order valence-electron chi connectivity index (χ3n) is 2.54. The first-order valence-corrected chi connectivity index (χ1v) is 8.16. The number of methoxy groups -OCH3 is 1. The van der Waals surface area contributed by atoms with Gasteiger partial charge in [-0.15, -0.1) is 11.3 Å². The maximum Gasteiger partial charge on any atom is 0.125 e. The molecule has 0 bridgehead atoms. The molecule has 1 aromatic carbocycles. The van der Waals surface area contributed by atoms with E-state index >= 15 is 0 Å². The predicted octanol–water partition coefficient (Wildman–Crippen LogP) is 5.97. The molecule has 96 valence electrons. The second-order valence-corrected chi connectivity index (χ2v) is 7.31. The zero-order valence-electron chi connectivity index (χ0n) is 9.84. The number of hydrogen-bond acceptors (Lipinski definition) is 2. The number of hydrogen-bond donors (Lipinski definition) is 0. The van der Waals surface area contributed by atoms with Gasteiger partial charge in [-0.05, 0) is 41.1 Å². The van der Waals surface area contributed by atoms with E-state index in [1.54, 1.807) is 18.4 Å². The Balaban J connectivity index is 2.45. The molecule has 1 atom stereocenters. The summed E-state index contributed by atoms with van der Waals surface area (Å²) in [5, 5.41) is 0.678. The quantitative estimate of drug-likeness (QED) is 0.567. The van der Waals surface area contributed by atoms with Crippen LogP contribution in [0.25, 0.3) is 0 Å². The van der Waals surface area contributed by atoms with E-state index in [2.05, 4.69) is 44.8 Å². The van der Waals surface area contributed by atoms with Gasteiger partial charge in [-0.2, -0.15) is 0 Å². The molecule has 0 N–H and O–H groups in total. The summed E-state index contributed by atoms with van der Waals surface area (Å²) in [6.45, 7) is 2.09. The van der Waals surface area contributed by atoms with Crippen molar-refractivity contribution in [1.82, 2.24) is 0 Å². The van der Waals surface area contributed by atoms with Crippen molar-refractivity contribution in [3.63, 3.8) is 0 Å². The number of ether oxygens (including phenoxy) is 1. The van der Waals surface area contributed by atoms with Gasteiger partial charge in [0.25, 0.3) is 0 Å². The minimum absolute atomic E-state index is 0.0952. The highest BCUT2D eigenvalue weighted by atomic mass is 79.9. The average molecular weight is 411 g/mol. The van der Waals surface area contributed by atoms with Gasteiger partial charge >= 0.3 is 0 Å². The van der Waals surface area contributed by atoms with E-state index in [1.807, 2.05) is 18.2 Å². The lowest BCUT2D eigenvalue weighted by molar-refractivity contribution is 0.410. The molecule has 0 radical (unpaired) electrons. The molecule has 1 heterocycles. The van der Waals surface area contributed by atoms with Crippen LogP contribution >= 0.6 is 54.8 Å². The Hall–Kier alpha value is -0.0300. The molecule has 5 heteroatoms. The lowest BCUT2D eigenvalue weighted by atomic mass is 10.1. The molecule has 1 unspecified atom stereocenters. The first-order chi connectivity index (χ1) is 8.52. The van der Waals surface area contributed by atoms with Crippen molar-refractivity contribution in [2.45, 2.75) is 11.8 Å². The van der Waals surface area contributed by atoms with Crippen LogP contribution in [0.1, 0.15) is 20.1 Å². The fourth-order valence-corrected chi connectivity index (χ4v) is 4.96. The molecule has 0 saturated carbocycles. The number of alkyl halides is 1. The summed E-state index contributed by atoms with van der Waals surface area (Å²) in [5.41, 5.74) is 1.07. The molecule has 0 fully saturated rings. The van der Waals surface area contributed by atoms with E-state index in [0.29, 0.717) is 5.02 Å². The maximum absolute atomic E-state index is 5.98. The molecule has 2 rings (SSSR count). The van der Waals surface area contributed by atoms with Gasteiger partial charge in [-0.25, -0.2) is 0 Å². The molecular weight excluding hydrogens is 399 g/mol. The van der Waals surface area contributed by atoms with Gasteiger partial charge in [0.1, 0.15) is 5.75 Å². The number of benzene rings is 1. The number of halogens is 3. The van der Waals surface area contributed by atoms with Crippen LogP contribution in [-0.2, 0) is 0 Å². The second-order valence-electron chi connectivity index (χ2n) is 3.82. The normalized spacial score (nSPS) is 12.5. The molecule has 1 aromatic heterocycles. The Morgan fingerprint density at radius 1 is 1.33 bits per heavy atom. The standard InChI is InChI=1S/C13H11Br2ClOS/c1-7-5-10(14)13(18-7)12(15)9-4-3-8(16)6-11(9)17-2/h3-6,12H,1-2H3. The van der Waals surface area contributed by atoms with Crippen molar-refractivity contribution in [3.05, 3.63) is 49.1 Å². The largest absolute Gasteiger partial charge is 0.496 e. The smallest absolute Gasteiger partial charge is 0.125 e. The van der Waals surface area contributed by atoms with Crippen LogP contribution in [-0.4, -0.2) is 7.11 Å². The van der Waals surface area contributed by atoms with Crippen LogP contribution in [0.3, 0.4) is 0 Å². The Kier molecular flexibility index (Phi) is 4.75. The first kappa shape index (κ1) is 14.4. The zero-order valence-corrected chi connectivity index (χ0v) is 14.6. The van der Waals surface area contributed by atoms with Gasteiger partial charge in [0.2, 0.25) is 0 Å². The van der Waals surface area contributed by atoms with E-state index < -0.39 is 0 Å². The molecule has 0 aliphatic carbocycles. The fourth-order valence-electron chi connectivity index (χ4n) is 1.71. The highest BCUT2D eigenvalue weighted by Crippen LogP contribution is 2.44. The summed E-state index contributed by atoms with van der Waals surface area (Å²) in [6.07, 6.45) is 0. The van der Waals surface area contributed by atoms with Gasteiger partial charge in [0.05, 0.1) is 11.9 Å². The Bertz CT molecular complexity index is 568. The molecular formula is C13H11Br2ClOS. The highest BCUT2D eigenvalue weighted by molar-refractivity contribution is 9.11. The van der Waals surface area contributed by atoms with Crippen molar-refractivity contribution in [2.75, 3.05) is 7.11 Å². The fraction of sp³-hybridized carbons (Fsp3) is 0.231. The van der Waals surface area contributed by atoms with Crippen molar-refractivity contribution in [2.24, 2.45) is 0 Å². The third kappa shape index (κ3) is 2.93. The second kappa shape index (κ2) is 5.95. The number of rotatable bonds is 3. The van der Waals surface area contributed by atoms with Crippen LogP contribution in [0.2, 0.25) is 5.02 Å². The molecule has 2 aromatic rings. The molecule has 18 heavy (non-hydrogen) atoms. The molecule has 0 aliphatic heterocycles. The average Bonchev–Trinajstić information content (AvgIpc) is 2.67. The molecule has 0 aliphatic rings. The summed E-state index contributed by atoms with van der Waals surface area (Å²) in [5.74, 6) is 0.794. The summed E-state index contributed by atoms with van der Waals surface area (Å²) in [4.78, 5) is 2.60. The number of aryl methyl sites for hydroxylation is 1. The van der Waals surface area contributed by atoms with Gasteiger partial charge in [0, 0.05) is 24.8 Å². The highest BCUT2D eigenvalue weighted by Gasteiger charge is 2.20. The van der Waals surface area contributed by atoms with Gasteiger partial charge in [-0.1, -0.05) is 33.6 Å². The van der Waals surface area contributed by atoms with E-state index in [0.717, 1.165) is 15.8 Å². The van der Waals surface area contributed by atoms with Crippen LogP contribution in [0.4, 0.5) is 0 Å². The van der Waals surface area contributed by atoms with Crippen LogP contribution < -0.4 is 4.74 Å². The Morgan fingerprint density at radius 2 is 2.06 bits per heavy atom. The Labute approximate surface area is 132 Å². The van der Waals surface area contributed by atoms with E-state index in [-0.39, 0.29) is 4.83 Å². The lowest BCUT2D eigenvalue weighted by Crippen LogP contribution is -1.95. The maximum atomic E-state index is 5.98. The zero-order chi connectivity index (χ0) is 13.3. The minimum Gasteiger partial charge on any atom is -0.496 e. The minimum atomic E-state index is 0.0952. The topological polar surface area (TPSA) is 9.23 Å². The molecule has 1 nitrogen and oxygen atoms in total. The molecule has 0 spiro atoms. The summed E-state index contributed by atoms with van der Waals surface area (Å²) in [6, 6.07) is 7.82. The van der Waals surface area contributed by atoms with Gasteiger partial charge in [-0.3, -0.25) is 0 Å². The van der Waals surface area contributed by atoms with Crippen LogP contribution in [0.15, 0.2) is 28.7 Å². The Morgan fingerprint density at radius 3 is 2.61 bits per heavy atom. The molecule has 0 amide bonds. The number of thiophene rings is 1. The summed E-state index contributed by atoms with van der Waals surface area (Å²) >= 11 is 15.1. The van der Waals surface area contributed by atoms with Crippen molar-refractivity contribution in [1.29, 1.82) is 0 Å². The SMILES string of the molecule is COc1cc(Cl)ccc1C(Br)c1sc(C)cc1Br. The monoisotopic (exact) mass is 408 g/mol. The van der Waals surface area contributed by atoms with Crippen molar-refractivity contribution in [3.8, 4) is 5.75 Å². The van der Waals surface area contributed by atoms with E-state index in [4.69, 9.17) is 16.3 Å². The van der Waals surface area contributed by atoms with Gasteiger partial charge in [0.15, 0.2) is 0 Å². The van der Waals surface area contributed by atoms with E-state index in [1.165, 1.54) is 9.75 Å². The third-order valence-corrected chi connectivity index (χ3v) is 6.06. The first-order valence-electron chi connectivity index (χ1n) is 5.26. The molecule has 0 saturated heterocycles. The van der Waals surface area contributed by atoms with Gasteiger partial charge < -0.3 is 4.74 Å². The van der Waals surface area contributed by atoms with Crippen LogP contribution in [0, 0.1) is 6.92 Å². The van der Waals surface area contributed by atoms with Crippen molar-refractivity contribution < 1.29 is 4.74 Å². The van der Waals surface area contributed by atoms with Crippen LogP contribution in [0.5, 0.6) is 5.75 Å². The predicted molar refractivity (Wildman–Crippen MR) is 85.5 cm³/mol. The summed E-state index contributed by atoms with van der Waals surface area (Å²) in [7, 11) is 1.66.